The van der Waals surface area contributed by atoms with Crippen LogP contribution in [0.5, 0.6) is 0 Å². The molecule has 17 heavy (non-hydrogen) atoms. The highest BCUT2D eigenvalue weighted by molar-refractivity contribution is 9.10. The van der Waals surface area contributed by atoms with E-state index in [0.717, 1.165) is 10.0 Å². The van der Waals surface area contributed by atoms with Crippen molar-refractivity contribution in [2.45, 2.75) is 13.0 Å². The van der Waals surface area contributed by atoms with Gasteiger partial charge in [-0.2, -0.15) is 0 Å². The summed E-state index contributed by atoms with van der Waals surface area (Å²) in [5, 5.41) is 11.5. The van der Waals surface area contributed by atoms with Crippen LogP contribution in [-0.2, 0) is 16.1 Å². The molecule has 1 fully saturated rings. The maximum atomic E-state index is 11.6. The van der Waals surface area contributed by atoms with Gasteiger partial charge in [0, 0.05) is 11.0 Å². The quantitative estimate of drug-likeness (QED) is 0.890. The van der Waals surface area contributed by atoms with Crippen molar-refractivity contribution in [1.82, 2.24) is 5.32 Å². The molecule has 0 radical (unpaired) electrons. The lowest BCUT2D eigenvalue weighted by atomic mass is 10.2. The Morgan fingerprint density at radius 2 is 2.18 bits per heavy atom. The van der Waals surface area contributed by atoms with E-state index in [1.165, 1.54) is 0 Å². The highest BCUT2D eigenvalue weighted by Crippen LogP contribution is 2.38. The average molecular weight is 298 g/mol. The molecule has 4 nitrogen and oxygen atoms in total. The molecule has 0 aliphatic heterocycles. The number of carboxylic acids is 1. The smallest absolute Gasteiger partial charge is 0.307 e. The van der Waals surface area contributed by atoms with E-state index in [-0.39, 0.29) is 11.8 Å². The first-order chi connectivity index (χ1) is 8.08. The Labute approximate surface area is 107 Å². The molecule has 1 saturated carbocycles. The van der Waals surface area contributed by atoms with E-state index in [1.54, 1.807) is 0 Å². The lowest BCUT2D eigenvalue weighted by molar-refractivity contribution is -0.140. The number of hydrogen-bond donors (Lipinski definition) is 2. The number of halogens is 1. The normalized spacial score (nSPS) is 21.9. The summed E-state index contributed by atoms with van der Waals surface area (Å²) in [6.45, 7) is 0.432. The topological polar surface area (TPSA) is 66.4 Å². The summed E-state index contributed by atoms with van der Waals surface area (Å²) in [6, 6.07) is 7.63. The van der Waals surface area contributed by atoms with Gasteiger partial charge in [-0.3, -0.25) is 9.59 Å². The Balaban J connectivity index is 1.83. The third kappa shape index (κ3) is 3.06. The molecule has 1 aromatic rings. The van der Waals surface area contributed by atoms with Gasteiger partial charge in [-0.25, -0.2) is 0 Å². The summed E-state index contributed by atoms with van der Waals surface area (Å²) in [7, 11) is 0. The maximum Gasteiger partial charge on any atom is 0.307 e. The van der Waals surface area contributed by atoms with Gasteiger partial charge >= 0.3 is 5.97 Å². The summed E-state index contributed by atoms with van der Waals surface area (Å²) in [5.41, 5.74) is 0.986. The van der Waals surface area contributed by atoms with Gasteiger partial charge in [-0.1, -0.05) is 28.1 Å². The molecule has 1 aliphatic rings. The van der Waals surface area contributed by atoms with Gasteiger partial charge in [0.15, 0.2) is 0 Å². The Hall–Kier alpha value is -1.36. The van der Waals surface area contributed by atoms with Crippen LogP contribution in [0.2, 0.25) is 0 Å². The fourth-order valence-corrected chi connectivity index (χ4v) is 2.17. The van der Waals surface area contributed by atoms with Crippen molar-refractivity contribution in [2.24, 2.45) is 11.8 Å². The third-order valence-corrected chi connectivity index (χ3v) is 3.29. The highest BCUT2D eigenvalue weighted by Gasteiger charge is 2.48. The minimum atomic E-state index is -0.882. The molecular formula is C12H12BrNO3. The van der Waals surface area contributed by atoms with Gasteiger partial charge < -0.3 is 10.4 Å². The van der Waals surface area contributed by atoms with Gasteiger partial charge in [0.25, 0.3) is 0 Å². The molecule has 90 valence electrons. The van der Waals surface area contributed by atoms with E-state index in [2.05, 4.69) is 21.2 Å². The first kappa shape index (κ1) is 12.1. The summed E-state index contributed by atoms with van der Waals surface area (Å²) in [4.78, 5) is 22.2. The van der Waals surface area contributed by atoms with Crippen LogP contribution in [-0.4, -0.2) is 17.0 Å². The van der Waals surface area contributed by atoms with Crippen LogP contribution in [0.15, 0.2) is 28.7 Å². The van der Waals surface area contributed by atoms with E-state index in [1.807, 2.05) is 24.3 Å². The molecular weight excluding hydrogens is 286 g/mol. The van der Waals surface area contributed by atoms with E-state index >= 15 is 0 Å². The Morgan fingerprint density at radius 1 is 1.41 bits per heavy atom. The second kappa shape index (κ2) is 4.87. The summed E-state index contributed by atoms with van der Waals surface area (Å²) in [5.74, 6) is -1.89. The molecule has 0 aromatic heterocycles. The zero-order valence-electron chi connectivity index (χ0n) is 9.02. The summed E-state index contributed by atoms with van der Waals surface area (Å²) < 4.78 is 0.957. The van der Waals surface area contributed by atoms with Crippen molar-refractivity contribution in [3.05, 3.63) is 34.3 Å². The second-order valence-corrected chi connectivity index (χ2v) is 5.05. The largest absolute Gasteiger partial charge is 0.481 e. The molecule has 0 bridgehead atoms. The number of benzene rings is 1. The van der Waals surface area contributed by atoms with Crippen molar-refractivity contribution < 1.29 is 14.7 Å². The Bertz CT molecular complexity index is 461. The van der Waals surface area contributed by atoms with E-state index in [0.29, 0.717) is 13.0 Å². The number of hydrogen-bond acceptors (Lipinski definition) is 2. The van der Waals surface area contributed by atoms with E-state index < -0.39 is 11.9 Å². The minimum Gasteiger partial charge on any atom is -0.481 e. The van der Waals surface area contributed by atoms with Gasteiger partial charge in [0.05, 0.1) is 11.8 Å². The lowest BCUT2D eigenvalue weighted by Crippen LogP contribution is -2.25. The molecule has 2 rings (SSSR count). The minimum absolute atomic E-state index is 0.169. The van der Waals surface area contributed by atoms with Gasteiger partial charge in [0.1, 0.15) is 0 Å². The van der Waals surface area contributed by atoms with Crippen LogP contribution in [0, 0.1) is 11.8 Å². The van der Waals surface area contributed by atoms with Crippen molar-refractivity contribution in [3.8, 4) is 0 Å². The lowest BCUT2D eigenvalue weighted by Gasteiger charge is -2.04. The maximum absolute atomic E-state index is 11.6. The van der Waals surface area contributed by atoms with Crippen LogP contribution in [0.25, 0.3) is 0 Å². The van der Waals surface area contributed by atoms with Crippen LogP contribution < -0.4 is 5.32 Å². The standard InChI is InChI=1S/C12H12BrNO3/c13-8-3-1-2-7(4-8)6-14-11(15)9-5-10(9)12(16)17/h1-4,9-10H,5-6H2,(H,14,15)(H,16,17)/t9-,10-/m0/s1. The van der Waals surface area contributed by atoms with Gasteiger partial charge in [0.2, 0.25) is 5.91 Å². The van der Waals surface area contributed by atoms with Crippen molar-refractivity contribution >= 4 is 27.8 Å². The molecule has 1 amide bonds. The first-order valence-corrected chi connectivity index (χ1v) is 6.12. The number of carboxylic acid groups (broad SMARTS) is 1. The van der Waals surface area contributed by atoms with Crippen molar-refractivity contribution in [3.63, 3.8) is 0 Å². The molecule has 0 saturated heterocycles. The zero-order chi connectivity index (χ0) is 12.4. The molecule has 0 spiro atoms. The zero-order valence-corrected chi connectivity index (χ0v) is 10.6. The molecule has 1 aliphatic carbocycles. The fraction of sp³-hybridized carbons (Fsp3) is 0.333. The molecule has 5 heteroatoms. The van der Waals surface area contributed by atoms with Crippen LogP contribution >= 0.6 is 15.9 Å². The monoisotopic (exact) mass is 297 g/mol. The average Bonchev–Trinajstić information content (AvgIpc) is 3.06. The number of aliphatic carboxylic acids is 1. The van der Waals surface area contributed by atoms with Crippen LogP contribution in [0.4, 0.5) is 0 Å². The van der Waals surface area contributed by atoms with Gasteiger partial charge in [-0.15, -0.1) is 0 Å². The predicted octanol–water partition coefficient (Wildman–Crippen LogP) is 1.79. The number of carbonyl (C=O) groups excluding carboxylic acids is 1. The van der Waals surface area contributed by atoms with E-state index in [4.69, 9.17) is 5.11 Å². The number of nitrogens with one attached hydrogen (secondary N) is 1. The molecule has 1 aromatic carbocycles. The summed E-state index contributed by atoms with van der Waals surface area (Å²) in [6.07, 6.45) is 0.458. The molecule has 2 N–H and O–H groups in total. The Morgan fingerprint density at radius 3 is 2.76 bits per heavy atom. The number of rotatable bonds is 4. The van der Waals surface area contributed by atoms with Crippen LogP contribution in [0.3, 0.4) is 0 Å². The van der Waals surface area contributed by atoms with Gasteiger partial charge in [-0.05, 0) is 24.1 Å². The second-order valence-electron chi connectivity index (χ2n) is 4.13. The van der Waals surface area contributed by atoms with Crippen LogP contribution in [0.1, 0.15) is 12.0 Å². The highest BCUT2D eigenvalue weighted by atomic mass is 79.9. The molecule has 0 unspecified atom stereocenters. The summed E-state index contributed by atoms with van der Waals surface area (Å²) >= 11 is 3.35. The third-order valence-electron chi connectivity index (χ3n) is 2.80. The molecule has 2 atom stereocenters. The fourth-order valence-electron chi connectivity index (χ4n) is 1.72. The number of amides is 1. The SMILES string of the molecule is O=C(O)[C@H]1C[C@@H]1C(=O)NCc1cccc(Br)c1. The Kier molecular flexibility index (Phi) is 3.47. The van der Waals surface area contributed by atoms with E-state index in [9.17, 15) is 9.59 Å². The van der Waals surface area contributed by atoms with Crippen molar-refractivity contribution in [1.29, 1.82) is 0 Å². The first-order valence-electron chi connectivity index (χ1n) is 5.33. The number of carbonyl (C=O) groups is 2. The predicted molar refractivity (Wildman–Crippen MR) is 65.2 cm³/mol. The molecule has 0 heterocycles. The van der Waals surface area contributed by atoms with Crippen molar-refractivity contribution in [2.75, 3.05) is 0 Å².